The lowest BCUT2D eigenvalue weighted by Crippen LogP contribution is -2.31. The topological polar surface area (TPSA) is 32.3 Å². The molecule has 2 rings (SSSR count). The summed E-state index contributed by atoms with van der Waals surface area (Å²) in [6.45, 7) is 1.85. The molecule has 18 heavy (non-hydrogen) atoms. The van der Waals surface area contributed by atoms with Crippen LogP contribution in [0.1, 0.15) is 12.5 Å². The maximum absolute atomic E-state index is 13.6. The normalized spacial score (nSPS) is 13.9. The van der Waals surface area contributed by atoms with Crippen molar-refractivity contribution in [1.29, 1.82) is 0 Å². The van der Waals surface area contributed by atoms with Gasteiger partial charge in [-0.2, -0.15) is 0 Å². The molecule has 0 radical (unpaired) electrons. The third kappa shape index (κ3) is 2.87. The Morgan fingerprint density at radius 3 is 2.33 bits per heavy atom. The molecule has 0 aliphatic carbocycles. The van der Waals surface area contributed by atoms with E-state index in [-0.39, 0.29) is 6.54 Å². The molecule has 0 fully saturated rings. The molecule has 0 heterocycles. The number of aliphatic hydroxyl groups is 1. The Morgan fingerprint density at radius 2 is 1.67 bits per heavy atom. The second-order valence-electron chi connectivity index (χ2n) is 4.47. The molecule has 1 atom stereocenters. The van der Waals surface area contributed by atoms with Crippen molar-refractivity contribution in [2.24, 2.45) is 0 Å². The van der Waals surface area contributed by atoms with E-state index < -0.39 is 11.4 Å². The van der Waals surface area contributed by atoms with Crippen molar-refractivity contribution in [3.05, 3.63) is 66.0 Å². The zero-order valence-corrected chi connectivity index (χ0v) is 10.2. The van der Waals surface area contributed by atoms with Crippen molar-refractivity contribution < 1.29 is 9.50 Å². The summed E-state index contributed by atoms with van der Waals surface area (Å²) in [4.78, 5) is 0. The fraction of sp³-hybridized carbons (Fsp3) is 0.200. The number of hydrogen-bond acceptors (Lipinski definition) is 2. The number of benzene rings is 2. The zero-order chi connectivity index (χ0) is 13.0. The lowest BCUT2D eigenvalue weighted by atomic mass is 9.95. The van der Waals surface area contributed by atoms with Crippen LogP contribution in [0.5, 0.6) is 0 Å². The first-order valence-electron chi connectivity index (χ1n) is 5.86. The predicted molar refractivity (Wildman–Crippen MR) is 70.9 cm³/mol. The molecule has 94 valence electrons. The van der Waals surface area contributed by atoms with Crippen LogP contribution in [0, 0.1) is 5.82 Å². The van der Waals surface area contributed by atoms with Gasteiger partial charge in [-0.1, -0.05) is 36.4 Å². The number of hydrogen-bond donors (Lipinski definition) is 2. The molecule has 0 aliphatic heterocycles. The Kier molecular flexibility index (Phi) is 3.63. The highest BCUT2D eigenvalue weighted by Gasteiger charge is 2.25. The van der Waals surface area contributed by atoms with Gasteiger partial charge in [0.25, 0.3) is 0 Å². The van der Waals surface area contributed by atoms with E-state index >= 15 is 0 Å². The highest BCUT2D eigenvalue weighted by molar-refractivity contribution is 5.43. The summed E-state index contributed by atoms with van der Waals surface area (Å²) < 4.78 is 13.6. The summed E-state index contributed by atoms with van der Waals surface area (Å²) in [6.07, 6.45) is 0. The van der Waals surface area contributed by atoms with Crippen LogP contribution in [0.25, 0.3) is 0 Å². The number of halogens is 1. The van der Waals surface area contributed by atoms with Crippen LogP contribution < -0.4 is 5.32 Å². The summed E-state index contributed by atoms with van der Waals surface area (Å²) in [7, 11) is 0. The Bertz CT molecular complexity index is 511. The van der Waals surface area contributed by atoms with Gasteiger partial charge in [-0.15, -0.1) is 0 Å². The summed E-state index contributed by atoms with van der Waals surface area (Å²) >= 11 is 0. The summed E-state index contributed by atoms with van der Waals surface area (Å²) in [6, 6.07) is 15.8. The van der Waals surface area contributed by atoms with E-state index in [1.807, 2.05) is 30.3 Å². The molecule has 2 nitrogen and oxygen atoms in total. The first-order chi connectivity index (χ1) is 8.59. The van der Waals surface area contributed by atoms with E-state index in [4.69, 9.17) is 0 Å². The highest BCUT2D eigenvalue weighted by atomic mass is 19.1. The van der Waals surface area contributed by atoms with Crippen molar-refractivity contribution in [2.45, 2.75) is 12.5 Å². The van der Waals surface area contributed by atoms with Crippen molar-refractivity contribution >= 4 is 5.69 Å². The fourth-order valence-electron chi connectivity index (χ4n) is 1.82. The third-order valence-corrected chi connectivity index (χ3v) is 2.86. The molecule has 1 unspecified atom stereocenters. The predicted octanol–water partition coefficient (Wildman–Crippen LogP) is 3.15. The van der Waals surface area contributed by atoms with Crippen molar-refractivity contribution in [3.8, 4) is 0 Å². The van der Waals surface area contributed by atoms with Gasteiger partial charge in [-0.3, -0.25) is 0 Å². The lowest BCUT2D eigenvalue weighted by Gasteiger charge is -2.25. The van der Waals surface area contributed by atoms with Gasteiger partial charge in [0.2, 0.25) is 0 Å². The summed E-state index contributed by atoms with van der Waals surface area (Å²) in [5, 5.41) is 13.4. The van der Waals surface area contributed by atoms with Crippen LogP contribution in [0.4, 0.5) is 10.1 Å². The number of nitrogens with one attached hydrogen (secondary N) is 1. The van der Waals surface area contributed by atoms with E-state index in [9.17, 15) is 9.50 Å². The molecule has 0 aliphatic rings. The smallest absolute Gasteiger partial charge is 0.129 e. The SMILES string of the molecule is CC(O)(CNc1ccccc1)c1ccccc1F. The molecule has 0 spiro atoms. The van der Waals surface area contributed by atoms with E-state index in [1.54, 1.807) is 25.1 Å². The quantitative estimate of drug-likeness (QED) is 0.867. The van der Waals surface area contributed by atoms with Crippen LogP contribution in [0.2, 0.25) is 0 Å². The zero-order valence-electron chi connectivity index (χ0n) is 10.2. The van der Waals surface area contributed by atoms with Crippen LogP contribution in [-0.4, -0.2) is 11.7 Å². The molecule has 0 amide bonds. The van der Waals surface area contributed by atoms with Gasteiger partial charge in [0.05, 0.1) is 0 Å². The van der Waals surface area contributed by atoms with Gasteiger partial charge >= 0.3 is 0 Å². The van der Waals surface area contributed by atoms with Gasteiger partial charge in [-0.25, -0.2) is 4.39 Å². The number of rotatable bonds is 4. The second-order valence-corrected chi connectivity index (χ2v) is 4.47. The van der Waals surface area contributed by atoms with Crippen molar-refractivity contribution in [3.63, 3.8) is 0 Å². The number of anilines is 1. The molecule has 0 saturated carbocycles. The fourth-order valence-corrected chi connectivity index (χ4v) is 1.82. The summed E-state index contributed by atoms with van der Waals surface area (Å²) in [5.41, 5.74) is -0.0520. The Hall–Kier alpha value is -1.87. The van der Waals surface area contributed by atoms with Gasteiger partial charge in [-0.05, 0) is 25.1 Å². The summed E-state index contributed by atoms with van der Waals surface area (Å²) in [5.74, 6) is -0.391. The minimum atomic E-state index is -1.25. The molecule has 0 bridgehead atoms. The first kappa shape index (κ1) is 12.6. The van der Waals surface area contributed by atoms with Gasteiger partial charge in [0.1, 0.15) is 11.4 Å². The standard InChI is InChI=1S/C15H16FNO/c1-15(18,13-9-5-6-10-14(13)16)11-17-12-7-3-2-4-8-12/h2-10,17-18H,11H2,1H3. The van der Waals surface area contributed by atoms with E-state index in [1.165, 1.54) is 6.07 Å². The van der Waals surface area contributed by atoms with Crippen LogP contribution in [-0.2, 0) is 5.60 Å². The molecule has 3 heteroatoms. The van der Waals surface area contributed by atoms with Gasteiger partial charge in [0, 0.05) is 17.8 Å². The van der Waals surface area contributed by atoms with E-state index in [2.05, 4.69) is 5.32 Å². The average molecular weight is 245 g/mol. The average Bonchev–Trinajstić information content (AvgIpc) is 2.38. The van der Waals surface area contributed by atoms with E-state index in [0.717, 1.165) is 5.69 Å². The highest BCUT2D eigenvalue weighted by Crippen LogP contribution is 2.23. The molecule has 0 aromatic heterocycles. The molecular weight excluding hydrogens is 229 g/mol. The molecule has 2 aromatic rings. The van der Waals surface area contributed by atoms with Gasteiger partial charge < -0.3 is 10.4 Å². The minimum absolute atomic E-state index is 0.248. The molecule has 0 saturated heterocycles. The molecular formula is C15H16FNO. The molecule has 2 N–H and O–H groups in total. The van der Waals surface area contributed by atoms with Crippen molar-refractivity contribution in [1.82, 2.24) is 0 Å². The van der Waals surface area contributed by atoms with Crippen LogP contribution >= 0.6 is 0 Å². The molecule has 2 aromatic carbocycles. The maximum Gasteiger partial charge on any atom is 0.129 e. The maximum atomic E-state index is 13.6. The van der Waals surface area contributed by atoms with E-state index in [0.29, 0.717) is 5.56 Å². The number of para-hydroxylation sites is 1. The first-order valence-corrected chi connectivity index (χ1v) is 5.86. The van der Waals surface area contributed by atoms with Gasteiger partial charge in [0.15, 0.2) is 0 Å². The Morgan fingerprint density at radius 1 is 1.06 bits per heavy atom. The van der Waals surface area contributed by atoms with Crippen molar-refractivity contribution in [2.75, 3.05) is 11.9 Å². The second kappa shape index (κ2) is 5.19. The Labute approximate surface area is 106 Å². The van der Waals surface area contributed by atoms with Crippen LogP contribution in [0.15, 0.2) is 54.6 Å². The monoisotopic (exact) mass is 245 g/mol. The largest absolute Gasteiger partial charge is 0.383 e. The lowest BCUT2D eigenvalue weighted by molar-refractivity contribution is 0.0676. The van der Waals surface area contributed by atoms with Crippen LogP contribution in [0.3, 0.4) is 0 Å². The minimum Gasteiger partial charge on any atom is -0.383 e. The Balaban J connectivity index is 2.11. The third-order valence-electron chi connectivity index (χ3n) is 2.86.